The summed E-state index contributed by atoms with van der Waals surface area (Å²) in [5.41, 5.74) is 0.493. The molecule has 5 heteroatoms. The maximum Gasteiger partial charge on any atom is 0.186 e. The van der Waals surface area contributed by atoms with E-state index in [0.29, 0.717) is 10.6 Å². The fourth-order valence-corrected chi connectivity index (χ4v) is 2.57. The average molecular weight is 232 g/mol. The number of aromatic nitrogens is 2. The molecule has 0 amide bonds. The molecule has 14 heavy (non-hydrogen) atoms. The van der Waals surface area contributed by atoms with Crippen molar-refractivity contribution >= 4 is 29.1 Å². The first-order chi connectivity index (χ1) is 6.76. The van der Waals surface area contributed by atoms with Crippen molar-refractivity contribution in [2.24, 2.45) is 5.41 Å². The second-order valence-electron chi connectivity index (χ2n) is 3.96. The van der Waals surface area contributed by atoms with Gasteiger partial charge in [-0.2, -0.15) is 8.75 Å². The van der Waals surface area contributed by atoms with Gasteiger partial charge in [0.2, 0.25) is 0 Å². The fourth-order valence-electron chi connectivity index (χ4n) is 1.89. The minimum Gasteiger partial charge on any atom is -0.366 e. The normalized spacial score (nSPS) is 19.0. The van der Waals surface area contributed by atoms with Gasteiger partial charge in [0.15, 0.2) is 11.0 Å². The van der Waals surface area contributed by atoms with Crippen LogP contribution in [0.1, 0.15) is 32.6 Å². The van der Waals surface area contributed by atoms with E-state index < -0.39 is 0 Å². The van der Waals surface area contributed by atoms with Gasteiger partial charge < -0.3 is 5.32 Å². The van der Waals surface area contributed by atoms with Gasteiger partial charge in [0.05, 0.1) is 11.7 Å². The molecule has 1 fully saturated rings. The zero-order valence-corrected chi connectivity index (χ0v) is 9.79. The predicted molar refractivity (Wildman–Crippen MR) is 60.0 cm³/mol. The van der Waals surface area contributed by atoms with Crippen LogP contribution in [0.25, 0.3) is 0 Å². The third-order valence-corrected chi connectivity index (χ3v) is 4.14. The molecule has 0 spiro atoms. The monoisotopic (exact) mass is 231 g/mol. The standard InChI is InChI=1S/C9H14ClN3S/c1-2-9(4-3-5-9)6-11-8-7(10)12-14-13-8/h2-6H2,1H3,(H,11,13). The van der Waals surface area contributed by atoms with E-state index in [1.165, 1.54) is 25.7 Å². The Hall–Kier alpha value is -0.350. The SMILES string of the molecule is CCC1(CNc2nsnc2Cl)CCC1. The summed E-state index contributed by atoms with van der Waals surface area (Å²) in [4.78, 5) is 0. The summed E-state index contributed by atoms with van der Waals surface area (Å²) in [6, 6.07) is 0. The molecule has 1 heterocycles. The maximum atomic E-state index is 5.85. The van der Waals surface area contributed by atoms with E-state index >= 15 is 0 Å². The van der Waals surface area contributed by atoms with Gasteiger partial charge in [-0.05, 0) is 24.7 Å². The van der Waals surface area contributed by atoms with Crippen molar-refractivity contribution < 1.29 is 0 Å². The highest BCUT2D eigenvalue weighted by molar-refractivity contribution is 6.99. The molecule has 0 atom stereocenters. The molecule has 0 saturated heterocycles. The predicted octanol–water partition coefficient (Wildman–Crippen LogP) is 3.18. The molecular weight excluding hydrogens is 218 g/mol. The fraction of sp³-hybridized carbons (Fsp3) is 0.778. The molecule has 0 aliphatic heterocycles. The summed E-state index contributed by atoms with van der Waals surface area (Å²) in [5, 5.41) is 3.79. The van der Waals surface area contributed by atoms with Crippen molar-refractivity contribution in [2.45, 2.75) is 32.6 Å². The summed E-state index contributed by atoms with van der Waals surface area (Å²) in [5.74, 6) is 0.747. The Bertz CT molecular complexity index is 303. The topological polar surface area (TPSA) is 37.8 Å². The molecule has 1 aliphatic carbocycles. The van der Waals surface area contributed by atoms with E-state index in [9.17, 15) is 0 Å². The average Bonchev–Trinajstić information content (AvgIpc) is 2.51. The van der Waals surface area contributed by atoms with Crippen molar-refractivity contribution in [3.8, 4) is 0 Å². The van der Waals surface area contributed by atoms with Gasteiger partial charge in [-0.1, -0.05) is 24.9 Å². The number of hydrogen-bond acceptors (Lipinski definition) is 4. The Balaban J connectivity index is 1.90. The first-order valence-electron chi connectivity index (χ1n) is 4.98. The molecule has 0 aromatic carbocycles. The molecule has 1 aliphatic rings. The lowest BCUT2D eigenvalue weighted by atomic mass is 9.67. The molecule has 78 valence electrons. The molecule has 1 saturated carbocycles. The molecule has 0 radical (unpaired) electrons. The Morgan fingerprint density at radius 3 is 2.71 bits per heavy atom. The number of hydrogen-bond donors (Lipinski definition) is 1. The third kappa shape index (κ3) is 1.86. The Kier molecular flexibility index (Phi) is 2.93. The quantitative estimate of drug-likeness (QED) is 0.865. The van der Waals surface area contributed by atoms with Crippen LogP contribution < -0.4 is 5.32 Å². The van der Waals surface area contributed by atoms with Crippen molar-refractivity contribution in [3.05, 3.63) is 5.15 Å². The van der Waals surface area contributed by atoms with Crippen LogP contribution >= 0.6 is 23.3 Å². The molecule has 0 bridgehead atoms. The highest BCUT2D eigenvalue weighted by Gasteiger charge is 2.34. The lowest BCUT2D eigenvalue weighted by Gasteiger charge is -2.41. The minimum atomic E-state index is 0.493. The second kappa shape index (κ2) is 4.03. The lowest BCUT2D eigenvalue weighted by Crippen LogP contribution is -2.35. The smallest absolute Gasteiger partial charge is 0.186 e. The van der Waals surface area contributed by atoms with Gasteiger partial charge in [-0.15, -0.1) is 0 Å². The van der Waals surface area contributed by atoms with E-state index in [0.717, 1.165) is 24.1 Å². The van der Waals surface area contributed by atoms with Crippen LogP contribution in [0.4, 0.5) is 5.82 Å². The van der Waals surface area contributed by atoms with Crippen molar-refractivity contribution in [1.29, 1.82) is 0 Å². The summed E-state index contributed by atoms with van der Waals surface area (Å²) in [6.45, 7) is 3.23. The van der Waals surface area contributed by atoms with E-state index in [1.807, 2.05) is 0 Å². The molecule has 3 nitrogen and oxygen atoms in total. The molecule has 1 aromatic rings. The molecule has 2 rings (SSSR count). The molecule has 1 N–H and O–H groups in total. The second-order valence-corrected chi connectivity index (χ2v) is 4.85. The Labute approximate surface area is 93.2 Å². The van der Waals surface area contributed by atoms with Gasteiger partial charge in [0.25, 0.3) is 0 Å². The first-order valence-corrected chi connectivity index (χ1v) is 6.08. The van der Waals surface area contributed by atoms with Crippen LogP contribution in [0.5, 0.6) is 0 Å². The third-order valence-electron chi connectivity index (χ3n) is 3.24. The van der Waals surface area contributed by atoms with Crippen molar-refractivity contribution in [3.63, 3.8) is 0 Å². The van der Waals surface area contributed by atoms with Gasteiger partial charge in [-0.25, -0.2) is 0 Å². The number of halogens is 1. The minimum absolute atomic E-state index is 0.493. The van der Waals surface area contributed by atoms with Crippen LogP contribution in [0.15, 0.2) is 0 Å². The summed E-state index contributed by atoms with van der Waals surface area (Å²) >= 11 is 7.00. The number of anilines is 1. The van der Waals surface area contributed by atoms with Crippen LogP contribution in [0, 0.1) is 5.41 Å². The summed E-state index contributed by atoms with van der Waals surface area (Å²) in [6.07, 6.45) is 5.24. The van der Waals surface area contributed by atoms with Crippen LogP contribution in [-0.4, -0.2) is 15.3 Å². The summed E-state index contributed by atoms with van der Waals surface area (Å²) < 4.78 is 8.02. The van der Waals surface area contributed by atoms with Crippen LogP contribution in [0.3, 0.4) is 0 Å². The zero-order chi connectivity index (χ0) is 10.0. The van der Waals surface area contributed by atoms with E-state index in [2.05, 4.69) is 21.0 Å². The van der Waals surface area contributed by atoms with E-state index in [-0.39, 0.29) is 0 Å². The Morgan fingerprint density at radius 1 is 1.50 bits per heavy atom. The largest absolute Gasteiger partial charge is 0.366 e. The zero-order valence-electron chi connectivity index (χ0n) is 8.22. The number of nitrogens with one attached hydrogen (secondary N) is 1. The van der Waals surface area contributed by atoms with Gasteiger partial charge in [0.1, 0.15) is 0 Å². The van der Waals surface area contributed by atoms with E-state index in [1.54, 1.807) is 0 Å². The van der Waals surface area contributed by atoms with E-state index in [4.69, 9.17) is 11.6 Å². The molecule has 0 unspecified atom stereocenters. The first kappa shape index (κ1) is 10.2. The molecular formula is C9H14ClN3S. The highest BCUT2D eigenvalue weighted by Crippen LogP contribution is 2.43. The lowest BCUT2D eigenvalue weighted by molar-refractivity contribution is 0.145. The maximum absolute atomic E-state index is 5.85. The van der Waals surface area contributed by atoms with Crippen LogP contribution in [-0.2, 0) is 0 Å². The number of rotatable bonds is 4. The van der Waals surface area contributed by atoms with Crippen LogP contribution in [0.2, 0.25) is 5.15 Å². The highest BCUT2D eigenvalue weighted by atomic mass is 35.5. The van der Waals surface area contributed by atoms with Gasteiger partial charge >= 0.3 is 0 Å². The van der Waals surface area contributed by atoms with Gasteiger partial charge in [-0.3, -0.25) is 0 Å². The molecule has 1 aromatic heterocycles. The van der Waals surface area contributed by atoms with Gasteiger partial charge in [0, 0.05) is 6.54 Å². The Morgan fingerprint density at radius 2 is 2.29 bits per heavy atom. The number of nitrogens with zero attached hydrogens (tertiary/aromatic N) is 2. The summed E-state index contributed by atoms with van der Waals surface area (Å²) in [7, 11) is 0. The van der Waals surface area contributed by atoms with Crippen molar-refractivity contribution in [2.75, 3.05) is 11.9 Å². The van der Waals surface area contributed by atoms with Crippen molar-refractivity contribution in [1.82, 2.24) is 8.75 Å².